The van der Waals surface area contributed by atoms with Gasteiger partial charge in [0, 0.05) is 11.9 Å². The zero-order chi connectivity index (χ0) is 12.4. The lowest BCUT2D eigenvalue weighted by atomic mass is 10.1. The minimum atomic E-state index is -0.191. The van der Waals surface area contributed by atoms with Crippen molar-refractivity contribution in [1.82, 2.24) is 4.98 Å². The third-order valence-electron chi connectivity index (χ3n) is 2.52. The van der Waals surface area contributed by atoms with E-state index in [9.17, 15) is 4.79 Å². The topological polar surface area (TPSA) is 44.9 Å². The number of rotatable bonds is 2. The van der Waals surface area contributed by atoms with Gasteiger partial charge < -0.3 is 10.3 Å². The quantitative estimate of drug-likeness (QED) is 0.839. The van der Waals surface area contributed by atoms with Crippen molar-refractivity contribution in [2.45, 2.75) is 13.8 Å². The fraction of sp³-hybridized carbons (Fsp3) is 0.154. The highest BCUT2D eigenvalue weighted by Gasteiger charge is 2.09. The second kappa shape index (κ2) is 4.63. The molecule has 3 nitrogen and oxygen atoms in total. The van der Waals surface area contributed by atoms with E-state index < -0.39 is 0 Å². The molecule has 0 aliphatic heterocycles. The third-order valence-corrected chi connectivity index (χ3v) is 2.74. The van der Waals surface area contributed by atoms with Gasteiger partial charge in [0.2, 0.25) is 0 Å². The molecule has 0 bridgehead atoms. The number of aromatic nitrogens is 1. The van der Waals surface area contributed by atoms with Crippen molar-refractivity contribution in [3.05, 3.63) is 52.3 Å². The monoisotopic (exact) mass is 248 g/mol. The minimum absolute atomic E-state index is 0.191. The Bertz CT molecular complexity index is 560. The first-order valence-corrected chi connectivity index (χ1v) is 5.66. The Hall–Kier alpha value is -1.74. The summed E-state index contributed by atoms with van der Waals surface area (Å²) in [6.45, 7) is 3.98. The van der Waals surface area contributed by atoms with Crippen LogP contribution in [0.15, 0.2) is 30.5 Å². The average Bonchev–Trinajstić information content (AvgIpc) is 2.69. The van der Waals surface area contributed by atoms with Crippen LogP contribution in [0.2, 0.25) is 5.02 Å². The smallest absolute Gasteiger partial charge is 0.272 e. The summed E-state index contributed by atoms with van der Waals surface area (Å²) in [5.41, 5.74) is 3.47. The Morgan fingerprint density at radius 3 is 2.65 bits per heavy atom. The maximum absolute atomic E-state index is 11.9. The molecule has 0 aliphatic carbocycles. The number of carbonyl (C=O) groups is 1. The van der Waals surface area contributed by atoms with Crippen LogP contribution in [0, 0.1) is 13.8 Å². The maximum Gasteiger partial charge on any atom is 0.272 e. The Labute approximate surface area is 105 Å². The van der Waals surface area contributed by atoms with Gasteiger partial charge in [0.1, 0.15) is 5.69 Å². The highest BCUT2D eigenvalue weighted by Crippen LogP contribution is 2.17. The zero-order valence-corrected chi connectivity index (χ0v) is 10.4. The van der Waals surface area contributed by atoms with E-state index in [1.807, 2.05) is 32.0 Å². The van der Waals surface area contributed by atoms with Crippen molar-refractivity contribution in [3.8, 4) is 0 Å². The number of hydrogen-bond donors (Lipinski definition) is 2. The largest absolute Gasteiger partial charge is 0.356 e. The van der Waals surface area contributed by atoms with Crippen LogP contribution >= 0.6 is 11.6 Å². The number of benzene rings is 1. The summed E-state index contributed by atoms with van der Waals surface area (Å²) in [5.74, 6) is -0.191. The molecule has 0 saturated carbocycles. The molecule has 0 spiro atoms. The maximum atomic E-state index is 11.9. The zero-order valence-electron chi connectivity index (χ0n) is 9.67. The second-order valence-electron chi connectivity index (χ2n) is 4.00. The summed E-state index contributed by atoms with van der Waals surface area (Å²) in [6, 6.07) is 7.48. The first kappa shape index (κ1) is 11.7. The Morgan fingerprint density at radius 1 is 1.29 bits per heavy atom. The highest BCUT2D eigenvalue weighted by molar-refractivity contribution is 6.31. The number of carbonyl (C=O) groups excluding carboxylic acids is 1. The van der Waals surface area contributed by atoms with Crippen molar-refractivity contribution < 1.29 is 4.79 Å². The molecule has 2 aromatic rings. The molecule has 17 heavy (non-hydrogen) atoms. The number of nitrogens with one attached hydrogen (secondary N) is 2. The average molecular weight is 249 g/mol. The molecule has 1 amide bonds. The summed E-state index contributed by atoms with van der Waals surface area (Å²) in [4.78, 5) is 14.7. The van der Waals surface area contributed by atoms with E-state index in [4.69, 9.17) is 11.6 Å². The van der Waals surface area contributed by atoms with Crippen LogP contribution in [-0.2, 0) is 0 Å². The number of aromatic amines is 1. The van der Waals surface area contributed by atoms with Gasteiger partial charge in [-0.25, -0.2) is 0 Å². The van der Waals surface area contributed by atoms with Crippen molar-refractivity contribution in [2.75, 3.05) is 5.32 Å². The van der Waals surface area contributed by atoms with Crippen LogP contribution in [0.5, 0.6) is 0 Å². The minimum Gasteiger partial charge on any atom is -0.356 e. The van der Waals surface area contributed by atoms with Gasteiger partial charge in [0.25, 0.3) is 5.91 Å². The highest BCUT2D eigenvalue weighted by atomic mass is 35.5. The van der Waals surface area contributed by atoms with Crippen molar-refractivity contribution in [3.63, 3.8) is 0 Å². The first-order valence-electron chi connectivity index (χ1n) is 5.29. The predicted molar refractivity (Wildman–Crippen MR) is 69.7 cm³/mol. The third kappa shape index (κ3) is 2.68. The van der Waals surface area contributed by atoms with E-state index in [0.29, 0.717) is 10.7 Å². The number of amides is 1. The van der Waals surface area contributed by atoms with Crippen LogP contribution in [0.3, 0.4) is 0 Å². The van der Waals surface area contributed by atoms with E-state index in [-0.39, 0.29) is 5.91 Å². The molecular formula is C13H13ClN2O. The molecule has 0 unspecified atom stereocenters. The Kier molecular flexibility index (Phi) is 3.20. The number of halogens is 1. The molecule has 1 aromatic heterocycles. The summed E-state index contributed by atoms with van der Waals surface area (Å²) >= 11 is 5.75. The van der Waals surface area contributed by atoms with Crippen LogP contribution in [0.4, 0.5) is 5.69 Å². The number of hydrogen-bond acceptors (Lipinski definition) is 1. The van der Waals surface area contributed by atoms with E-state index >= 15 is 0 Å². The standard InChI is InChI=1S/C13H13ClN2O/c1-8-3-4-11(9(2)5-8)16-13(17)12-6-10(14)7-15-12/h3-7,15H,1-2H3,(H,16,17). The molecular weight excluding hydrogens is 236 g/mol. The lowest BCUT2D eigenvalue weighted by Crippen LogP contribution is -2.13. The van der Waals surface area contributed by atoms with Gasteiger partial charge >= 0.3 is 0 Å². The number of anilines is 1. The fourth-order valence-electron chi connectivity index (χ4n) is 1.64. The van der Waals surface area contributed by atoms with Crippen LogP contribution in [0.25, 0.3) is 0 Å². The molecule has 88 valence electrons. The van der Waals surface area contributed by atoms with Crippen LogP contribution in [0.1, 0.15) is 21.6 Å². The van der Waals surface area contributed by atoms with E-state index in [1.165, 1.54) is 5.56 Å². The molecule has 4 heteroatoms. The lowest BCUT2D eigenvalue weighted by Gasteiger charge is -2.08. The van der Waals surface area contributed by atoms with Crippen LogP contribution < -0.4 is 5.32 Å². The van der Waals surface area contributed by atoms with E-state index in [0.717, 1.165) is 11.3 Å². The number of aryl methyl sites for hydroxylation is 2. The summed E-state index contributed by atoms with van der Waals surface area (Å²) in [7, 11) is 0. The number of H-pyrrole nitrogens is 1. The molecule has 1 aromatic carbocycles. The van der Waals surface area contributed by atoms with Crippen molar-refractivity contribution >= 4 is 23.2 Å². The molecule has 1 heterocycles. The molecule has 2 N–H and O–H groups in total. The Balaban J connectivity index is 2.18. The first-order chi connectivity index (χ1) is 8.06. The fourth-order valence-corrected chi connectivity index (χ4v) is 1.81. The van der Waals surface area contributed by atoms with Gasteiger partial charge in [0.15, 0.2) is 0 Å². The van der Waals surface area contributed by atoms with Gasteiger partial charge in [-0.05, 0) is 31.5 Å². The predicted octanol–water partition coefficient (Wildman–Crippen LogP) is 3.54. The molecule has 0 radical (unpaired) electrons. The van der Waals surface area contributed by atoms with Gasteiger partial charge in [-0.15, -0.1) is 0 Å². The van der Waals surface area contributed by atoms with Crippen molar-refractivity contribution in [2.24, 2.45) is 0 Å². The molecule has 0 atom stereocenters. The molecule has 0 aliphatic rings. The summed E-state index contributed by atoms with van der Waals surface area (Å²) in [5, 5.41) is 3.36. The van der Waals surface area contributed by atoms with Crippen molar-refractivity contribution in [1.29, 1.82) is 0 Å². The summed E-state index contributed by atoms with van der Waals surface area (Å²) in [6.07, 6.45) is 1.58. The normalized spacial score (nSPS) is 10.3. The van der Waals surface area contributed by atoms with E-state index in [1.54, 1.807) is 12.3 Å². The van der Waals surface area contributed by atoms with Gasteiger partial charge in [0.05, 0.1) is 5.02 Å². The van der Waals surface area contributed by atoms with Gasteiger partial charge in [-0.3, -0.25) is 4.79 Å². The van der Waals surface area contributed by atoms with E-state index in [2.05, 4.69) is 10.3 Å². The molecule has 0 saturated heterocycles. The van der Waals surface area contributed by atoms with Gasteiger partial charge in [-0.2, -0.15) is 0 Å². The summed E-state index contributed by atoms with van der Waals surface area (Å²) < 4.78 is 0. The van der Waals surface area contributed by atoms with Gasteiger partial charge in [-0.1, -0.05) is 29.3 Å². The SMILES string of the molecule is Cc1ccc(NC(=O)c2cc(Cl)c[nH]2)c(C)c1. The molecule has 2 rings (SSSR count). The Morgan fingerprint density at radius 2 is 2.06 bits per heavy atom. The van der Waals surface area contributed by atoms with Crippen LogP contribution in [-0.4, -0.2) is 10.9 Å². The molecule has 0 fully saturated rings. The second-order valence-corrected chi connectivity index (χ2v) is 4.44. The lowest BCUT2D eigenvalue weighted by molar-refractivity contribution is 0.102.